The lowest BCUT2D eigenvalue weighted by molar-refractivity contribution is -0.139. The van der Waals surface area contributed by atoms with E-state index in [0.717, 1.165) is 21.0 Å². The number of hydrogen-bond donors (Lipinski definition) is 1. The molecule has 40 heavy (non-hydrogen) atoms. The van der Waals surface area contributed by atoms with Crippen molar-refractivity contribution in [3.63, 3.8) is 0 Å². The second kappa shape index (κ2) is 13.5. The summed E-state index contributed by atoms with van der Waals surface area (Å²) < 4.78 is 34.5. The Bertz CT molecular complexity index is 1420. The molecule has 0 aromatic heterocycles. The molecule has 1 N–H and O–H groups in total. The average Bonchev–Trinajstić information content (AvgIpc) is 2.94. The highest BCUT2D eigenvalue weighted by molar-refractivity contribution is 7.92. The van der Waals surface area contributed by atoms with Gasteiger partial charge in [0.2, 0.25) is 11.8 Å². The first-order valence-corrected chi connectivity index (χ1v) is 14.7. The van der Waals surface area contributed by atoms with E-state index in [4.69, 9.17) is 4.74 Å². The molecule has 214 valence electrons. The zero-order valence-electron chi connectivity index (χ0n) is 24.0. The summed E-state index contributed by atoms with van der Waals surface area (Å²) in [5, 5.41) is 2.90. The van der Waals surface area contributed by atoms with Crippen LogP contribution in [0.2, 0.25) is 0 Å². The molecule has 0 saturated carbocycles. The normalized spacial score (nSPS) is 12.1. The molecule has 2 amide bonds. The van der Waals surface area contributed by atoms with Gasteiger partial charge in [-0.2, -0.15) is 0 Å². The van der Waals surface area contributed by atoms with Crippen molar-refractivity contribution in [1.29, 1.82) is 0 Å². The van der Waals surface area contributed by atoms with Crippen molar-refractivity contribution in [2.75, 3.05) is 24.5 Å². The minimum absolute atomic E-state index is 0.0412. The Balaban J connectivity index is 2.08. The molecular weight excluding hydrogens is 526 g/mol. The zero-order valence-corrected chi connectivity index (χ0v) is 24.9. The molecule has 0 spiro atoms. The quantitative estimate of drug-likeness (QED) is 0.344. The highest BCUT2D eigenvalue weighted by atomic mass is 32.2. The minimum atomic E-state index is -4.18. The number of nitrogens with zero attached hydrogens (tertiary/aromatic N) is 2. The van der Waals surface area contributed by atoms with Crippen LogP contribution >= 0.6 is 0 Å². The summed E-state index contributed by atoms with van der Waals surface area (Å²) in [7, 11) is -2.72. The number of ether oxygens (including phenoxy) is 1. The van der Waals surface area contributed by atoms with Crippen molar-refractivity contribution in [2.45, 2.75) is 52.1 Å². The Labute approximate surface area is 238 Å². The van der Waals surface area contributed by atoms with E-state index >= 15 is 0 Å². The Kier molecular flexibility index (Phi) is 10.3. The van der Waals surface area contributed by atoms with Crippen molar-refractivity contribution in [1.82, 2.24) is 10.2 Å². The summed E-state index contributed by atoms with van der Waals surface area (Å²) in [5.41, 5.74) is 2.87. The smallest absolute Gasteiger partial charge is 0.264 e. The van der Waals surface area contributed by atoms with Crippen LogP contribution in [0.3, 0.4) is 0 Å². The molecule has 0 saturated heterocycles. The number of anilines is 1. The summed E-state index contributed by atoms with van der Waals surface area (Å²) in [6.07, 6.45) is 0. The van der Waals surface area contributed by atoms with Crippen LogP contribution < -0.4 is 14.4 Å². The highest BCUT2D eigenvalue weighted by Gasteiger charge is 2.34. The fourth-order valence-electron chi connectivity index (χ4n) is 4.23. The minimum Gasteiger partial charge on any atom is -0.495 e. The topological polar surface area (TPSA) is 96.0 Å². The van der Waals surface area contributed by atoms with Gasteiger partial charge in [-0.05, 0) is 67.6 Å². The molecule has 0 fully saturated rings. The van der Waals surface area contributed by atoms with Gasteiger partial charge < -0.3 is 15.0 Å². The van der Waals surface area contributed by atoms with Gasteiger partial charge in [-0.1, -0.05) is 62.4 Å². The fraction of sp³-hybridized carbons (Fsp3) is 0.355. The lowest BCUT2D eigenvalue weighted by Crippen LogP contribution is -2.51. The van der Waals surface area contributed by atoms with Crippen LogP contribution in [0.1, 0.15) is 37.5 Å². The number of carbonyl (C=O) groups excluding carboxylic acids is 2. The molecule has 3 aromatic rings. The summed E-state index contributed by atoms with van der Waals surface area (Å²) in [5.74, 6) is -0.275. The van der Waals surface area contributed by atoms with Gasteiger partial charge in [0, 0.05) is 13.1 Å². The van der Waals surface area contributed by atoms with E-state index in [0.29, 0.717) is 12.3 Å². The Morgan fingerprint density at radius 2 is 1.57 bits per heavy atom. The molecule has 1 atom stereocenters. The third-order valence-electron chi connectivity index (χ3n) is 6.67. The van der Waals surface area contributed by atoms with E-state index in [1.165, 1.54) is 24.1 Å². The Hall–Kier alpha value is -3.85. The van der Waals surface area contributed by atoms with E-state index in [9.17, 15) is 18.0 Å². The molecule has 0 heterocycles. The lowest BCUT2D eigenvalue weighted by Gasteiger charge is -2.33. The molecule has 0 unspecified atom stereocenters. The van der Waals surface area contributed by atoms with Crippen LogP contribution in [0.5, 0.6) is 5.75 Å². The van der Waals surface area contributed by atoms with Gasteiger partial charge in [0.25, 0.3) is 10.0 Å². The summed E-state index contributed by atoms with van der Waals surface area (Å²) in [6, 6.07) is 19.9. The number of carbonyl (C=O) groups is 2. The van der Waals surface area contributed by atoms with Crippen LogP contribution in [-0.4, -0.2) is 51.4 Å². The van der Waals surface area contributed by atoms with Gasteiger partial charge in [0.15, 0.2) is 0 Å². The number of sulfonamides is 1. The molecule has 0 aliphatic carbocycles. The maximum absolute atomic E-state index is 14.1. The lowest BCUT2D eigenvalue weighted by atomic mass is 10.1. The third-order valence-corrected chi connectivity index (χ3v) is 8.44. The number of rotatable bonds is 12. The molecular formula is C31H39N3O5S. The first-order valence-electron chi connectivity index (χ1n) is 13.3. The van der Waals surface area contributed by atoms with Crippen molar-refractivity contribution in [3.8, 4) is 5.75 Å². The molecule has 0 bridgehead atoms. The fourth-order valence-corrected chi connectivity index (χ4v) is 5.67. The average molecular weight is 566 g/mol. The van der Waals surface area contributed by atoms with Crippen LogP contribution in [0.15, 0.2) is 77.7 Å². The van der Waals surface area contributed by atoms with Crippen molar-refractivity contribution < 1.29 is 22.7 Å². The van der Waals surface area contributed by atoms with Gasteiger partial charge in [-0.3, -0.25) is 13.9 Å². The van der Waals surface area contributed by atoms with E-state index in [-0.39, 0.29) is 29.0 Å². The first kappa shape index (κ1) is 30.7. The van der Waals surface area contributed by atoms with Crippen LogP contribution in [0.4, 0.5) is 5.69 Å². The SMILES string of the molecule is COc1ccc(C)cc1N(CC(=O)N(Cc1ccccc1C)[C@H](C)C(=O)NCC(C)C)S(=O)(=O)c1ccccc1. The Morgan fingerprint density at radius 3 is 2.20 bits per heavy atom. The second-order valence-electron chi connectivity index (χ2n) is 10.3. The Morgan fingerprint density at radius 1 is 0.925 bits per heavy atom. The number of amides is 2. The molecule has 0 aliphatic rings. The predicted molar refractivity (Wildman–Crippen MR) is 158 cm³/mol. The van der Waals surface area contributed by atoms with E-state index in [1.54, 1.807) is 37.3 Å². The van der Waals surface area contributed by atoms with Gasteiger partial charge in [0.1, 0.15) is 18.3 Å². The number of benzene rings is 3. The monoisotopic (exact) mass is 565 g/mol. The molecule has 0 radical (unpaired) electrons. The summed E-state index contributed by atoms with van der Waals surface area (Å²) in [4.78, 5) is 28.7. The second-order valence-corrected chi connectivity index (χ2v) is 12.1. The largest absolute Gasteiger partial charge is 0.495 e. The molecule has 0 aliphatic heterocycles. The van der Waals surface area contributed by atoms with Gasteiger partial charge >= 0.3 is 0 Å². The summed E-state index contributed by atoms with van der Waals surface area (Å²) in [6.45, 7) is 9.50. The third kappa shape index (κ3) is 7.41. The number of hydrogen-bond acceptors (Lipinski definition) is 5. The molecule has 9 heteroatoms. The van der Waals surface area contributed by atoms with Crippen LogP contribution in [0.25, 0.3) is 0 Å². The van der Waals surface area contributed by atoms with E-state index in [2.05, 4.69) is 5.32 Å². The van der Waals surface area contributed by atoms with Crippen molar-refractivity contribution in [3.05, 3.63) is 89.5 Å². The number of methoxy groups -OCH3 is 1. The molecule has 3 aromatic carbocycles. The first-order chi connectivity index (χ1) is 18.9. The van der Waals surface area contributed by atoms with Crippen molar-refractivity contribution in [2.24, 2.45) is 5.92 Å². The maximum atomic E-state index is 14.1. The van der Waals surface area contributed by atoms with Gasteiger partial charge in [-0.25, -0.2) is 8.42 Å². The van der Waals surface area contributed by atoms with Gasteiger partial charge in [-0.15, -0.1) is 0 Å². The van der Waals surface area contributed by atoms with Crippen molar-refractivity contribution >= 4 is 27.5 Å². The molecule has 3 rings (SSSR count). The highest BCUT2D eigenvalue weighted by Crippen LogP contribution is 2.33. The maximum Gasteiger partial charge on any atom is 0.264 e. The standard InChI is InChI=1S/C31H39N3O5S/c1-22(2)19-32-31(36)25(5)33(20-26-13-11-10-12-24(26)4)30(35)21-34(28-18-23(3)16-17-29(28)39-6)40(37,38)27-14-8-7-9-15-27/h7-18,22,25H,19-21H2,1-6H3,(H,32,36)/t25-/m1/s1. The number of aryl methyl sites for hydroxylation is 2. The van der Waals surface area contributed by atoms with Crippen LogP contribution in [-0.2, 0) is 26.2 Å². The van der Waals surface area contributed by atoms with E-state index < -0.39 is 28.5 Å². The van der Waals surface area contributed by atoms with Crippen LogP contribution in [0, 0.1) is 19.8 Å². The van der Waals surface area contributed by atoms with Gasteiger partial charge in [0.05, 0.1) is 17.7 Å². The van der Waals surface area contributed by atoms with E-state index in [1.807, 2.05) is 58.0 Å². The number of nitrogens with one attached hydrogen (secondary N) is 1. The predicted octanol–water partition coefficient (Wildman–Crippen LogP) is 4.70. The molecule has 8 nitrogen and oxygen atoms in total. The zero-order chi connectivity index (χ0) is 29.4. The summed E-state index contributed by atoms with van der Waals surface area (Å²) >= 11 is 0.